The molecule has 0 spiro atoms. The van der Waals surface area contributed by atoms with Crippen molar-refractivity contribution in [1.29, 1.82) is 0 Å². The monoisotopic (exact) mass is 176 g/mol. The van der Waals surface area contributed by atoms with Crippen LogP contribution >= 0.6 is 0 Å². The van der Waals surface area contributed by atoms with Crippen LogP contribution in [-0.2, 0) is 14.3 Å². The van der Waals surface area contributed by atoms with Crippen molar-refractivity contribution in [2.75, 3.05) is 13.2 Å². The van der Waals surface area contributed by atoms with Crippen LogP contribution in [-0.4, -0.2) is 36.5 Å². The molecular weight excluding hydrogens is 160 g/mol. The summed E-state index contributed by atoms with van der Waals surface area (Å²) in [6.07, 6.45) is -1.68. The molecule has 0 bridgehead atoms. The average molecular weight is 176 g/mol. The van der Waals surface area contributed by atoms with Crippen LogP contribution in [0.15, 0.2) is 0 Å². The Kier molecular flexibility index (Phi) is 5.66. The first-order valence-corrected chi connectivity index (χ1v) is 4.09. The second-order valence-electron chi connectivity index (χ2n) is 2.36. The van der Waals surface area contributed by atoms with Gasteiger partial charge < -0.3 is 14.6 Å². The van der Waals surface area contributed by atoms with E-state index in [4.69, 9.17) is 4.74 Å². The quantitative estimate of drug-likeness (QED) is 0.613. The van der Waals surface area contributed by atoms with Gasteiger partial charge in [0.25, 0.3) is 0 Å². The predicted molar refractivity (Wildman–Crippen MR) is 43.7 cm³/mol. The highest BCUT2D eigenvalue weighted by molar-refractivity contribution is 5.74. The molecule has 0 fully saturated rings. The van der Waals surface area contributed by atoms with Gasteiger partial charge in [0.1, 0.15) is 0 Å². The van der Waals surface area contributed by atoms with Gasteiger partial charge in [-0.05, 0) is 20.8 Å². The Bertz CT molecular complexity index is 135. The summed E-state index contributed by atoms with van der Waals surface area (Å²) in [5.41, 5.74) is 0. The van der Waals surface area contributed by atoms with E-state index in [0.717, 1.165) is 0 Å². The summed E-state index contributed by atoms with van der Waals surface area (Å²) in [6.45, 7) is 5.86. The number of esters is 1. The zero-order valence-corrected chi connectivity index (χ0v) is 7.74. The smallest absolute Gasteiger partial charge is 0.337 e. The molecule has 2 atom stereocenters. The molecule has 4 heteroatoms. The highest BCUT2D eigenvalue weighted by Crippen LogP contribution is 2.00. The lowest BCUT2D eigenvalue weighted by atomic mass is 10.2. The molecule has 0 saturated carbocycles. The zero-order chi connectivity index (χ0) is 9.56. The third-order valence-electron chi connectivity index (χ3n) is 1.40. The molecule has 0 aromatic heterocycles. The molecule has 0 radical (unpaired) electrons. The normalized spacial score (nSPS) is 15.3. The van der Waals surface area contributed by atoms with E-state index in [9.17, 15) is 9.90 Å². The molecule has 72 valence electrons. The molecular formula is C8H16O4. The Morgan fingerprint density at radius 1 is 1.42 bits per heavy atom. The molecule has 4 nitrogen and oxygen atoms in total. The van der Waals surface area contributed by atoms with Crippen molar-refractivity contribution < 1.29 is 19.4 Å². The summed E-state index contributed by atoms with van der Waals surface area (Å²) in [7, 11) is 0. The van der Waals surface area contributed by atoms with E-state index in [2.05, 4.69) is 4.74 Å². The van der Waals surface area contributed by atoms with Crippen LogP contribution in [0.25, 0.3) is 0 Å². The zero-order valence-electron chi connectivity index (χ0n) is 7.74. The van der Waals surface area contributed by atoms with Crippen molar-refractivity contribution in [1.82, 2.24) is 0 Å². The van der Waals surface area contributed by atoms with E-state index in [1.165, 1.54) is 0 Å². The highest BCUT2D eigenvalue weighted by atomic mass is 16.6. The molecule has 0 aliphatic rings. The Hall–Kier alpha value is -0.610. The highest BCUT2D eigenvalue weighted by Gasteiger charge is 2.23. The van der Waals surface area contributed by atoms with E-state index in [1.54, 1.807) is 20.8 Å². The van der Waals surface area contributed by atoms with Crippen molar-refractivity contribution in [3.05, 3.63) is 0 Å². The van der Waals surface area contributed by atoms with Gasteiger partial charge in [0.05, 0.1) is 12.7 Å². The number of rotatable bonds is 5. The van der Waals surface area contributed by atoms with Crippen molar-refractivity contribution in [2.45, 2.75) is 33.0 Å². The first-order valence-electron chi connectivity index (χ1n) is 4.09. The van der Waals surface area contributed by atoms with E-state index in [-0.39, 0.29) is 6.61 Å². The second-order valence-corrected chi connectivity index (χ2v) is 2.36. The summed E-state index contributed by atoms with van der Waals surface area (Å²) in [5, 5.41) is 9.25. The number of aliphatic hydroxyl groups is 1. The van der Waals surface area contributed by atoms with Crippen molar-refractivity contribution in [3.8, 4) is 0 Å². The standard InChI is InChI=1S/C8H16O4/c1-4-11-6(3)7(9)8(10)12-5-2/h6-7,9H,4-5H2,1-3H3/t6-,7?/m1/s1. The average Bonchev–Trinajstić information content (AvgIpc) is 2.04. The number of ether oxygens (including phenoxy) is 2. The number of aliphatic hydroxyl groups excluding tert-OH is 1. The number of hydrogen-bond acceptors (Lipinski definition) is 4. The van der Waals surface area contributed by atoms with Crippen LogP contribution in [0.2, 0.25) is 0 Å². The van der Waals surface area contributed by atoms with Crippen LogP contribution in [0, 0.1) is 0 Å². The lowest BCUT2D eigenvalue weighted by Gasteiger charge is -2.16. The molecule has 0 rings (SSSR count). The molecule has 1 unspecified atom stereocenters. The molecule has 0 aliphatic heterocycles. The first kappa shape index (κ1) is 11.4. The van der Waals surface area contributed by atoms with E-state index >= 15 is 0 Å². The Labute approximate surface area is 72.5 Å². The van der Waals surface area contributed by atoms with E-state index in [0.29, 0.717) is 6.61 Å². The van der Waals surface area contributed by atoms with Crippen LogP contribution in [0.1, 0.15) is 20.8 Å². The van der Waals surface area contributed by atoms with Gasteiger partial charge in [-0.25, -0.2) is 4.79 Å². The largest absolute Gasteiger partial charge is 0.464 e. The fraction of sp³-hybridized carbons (Fsp3) is 0.875. The fourth-order valence-corrected chi connectivity index (χ4v) is 0.773. The fourth-order valence-electron chi connectivity index (χ4n) is 0.773. The van der Waals surface area contributed by atoms with Gasteiger partial charge in [-0.2, -0.15) is 0 Å². The number of carbonyl (C=O) groups is 1. The molecule has 0 aliphatic carbocycles. The van der Waals surface area contributed by atoms with Gasteiger partial charge in [-0.1, -0.05) is 0 Å². The van der Waals surface area contributed by atoms with Crippen molar-refractivity contribution in [3.63, 3.8) is 0 Å². The number of hydrogen-bond donors (Lipinski definition) is 1. The van der Waals surface area contributed by atoms with Gasteiger partial charge in [0.2, 0.25) is 0 Å². The summed E-state index contributed by atoms with van der Waals surface area (Å²) in [6, 6.07) is 0. The van der Waals surface area contributed by atoms with Gasteiger partial charge in [0, 0.05) is 6.61 Å². The van der Waals surface area contributed by atoms with Gasteiger partial charge in [0.15, 0.2) is 6.10 Å². The molecule has 12 heavy (non-hydrogen) atoms. The molecule has 0 amide bonds. The summed E-state index contributed by atoms with van der Waals surface area (Å²) >= 11 is 0. The third-order valence-corrected chi connectivity index (χ3v) is 1.40. The van der Waals surface area contributed by atoms with Crippen LogP contribution in [0.3, 0.4) is 0 Å². The lowest BCUT2D eigenvalue weighted by Crippen LogP contribution is -2.35. The van der Waals surface area contributed by atoms with E-state index < -0.39 is 18.2 Å². The van der Waals surface area contributed by atoms with Gasteiger partial charge in [-0.15, -0.1) is 0 Å². The lowest BCUT2D eigenvalue weighted by molar-refractivity contribution is -0.160. The second kappa shape index (κ2) is 5.97. The van der Waals surface area contributed by atoms with E-state index in [1.807, 2.05) is 0 Å². The maximum absolute atomic E-state index is 10.9. The Morgan fingerprint density at radius 3 is 2.42 bits per heavy atom. The minimum absolute atomic E-state index is 0.273. The van der Waals surface area contributed by atoms with Crippen molar-refractivity contribution >= 4 is 5.97 Å². The van der Waals surface area contributed by atoms with Gasteiger partial charge in [-0.3, -0.25) is 0 Å². The SMILES string of the molecule is CCOC(=O)C(O)[C@@H](C)OCC. The maximum atomic E-state index is 10.9. The van der Waals surface area contributed by atoms with Crippen LogP contribution < -0.4 is 0 Å². The minimum Gasteiger partial charge on any atom is -0.464 e. The van der Waals surface area contributed by atoms with Crippen LogP contribution in [0.5, 0.6) is 0 Å². The maximum Gasteiger partial charge on any atom is 0.337 e. The molecule has 0 saturated heterocycles. The summed E-state index contributed by atoms with van der Waals surface area (Å²) < 4.78 is 9.62. The van der Waals surface area contributed by atoms with Crippen molar-refractivity contribution in [2.24, 2.45) is 0 Å². The molecule has 0 heterocycles. The summed E-state index contributed by atoms with van der Waals surface area (Å²) in [5.74, 6) is -0.626. The Morgan fingerprint density at radius 2 is 2.00 bits per heavy atom. The topological polar surface area (TPSA) is 55.8 Å². The molecule has 1 N–H and O–H groups in total. The first-order chi connectivity index (χ1) is 5.63. The minimum atomic E-state index is -1.18. The predicted octanol–water partition coefficient (Wildman–Crippen LogP) is 0.335. The molecule has 0 aromatic carbocycles. The van der Waals surface area contributed by atoms with Crippen LogP contribution in [0.4, 0.5) is 0 Å². The number of carbonyl (C=O) groups excluding carboxylic acids is 1. The molecule has 0 aromatic rings. The Balaban J connectivity index is 3.82. The third kappa shape index (κ3) is 3.69. The summed E-state index contributed by atoms with van der Waals surface area (Å²) in [4.78, 5) is 10.9. The van der Waals surface area contributed by atoms with Gasteiger partial charge >= 0.3 is 5.97 Å².